The van der Waals surface area contributed by atoms with Crippen LogP contribution >= 0.6 is 11.3 Å². The lowest BCUT2D eigenvalue weighted by molar-refractivity contribution is 0.0600. The molecule has 1 aromatic heterocycles. The van der Waals surface area contributed by atoms with Crippen molar-refractivity contribution in [3.05, 3.63) is 57.3 Å². The Hall–Kier alpha value is -1.79. The van der Waals surface area contributed by atoms with Crippen molar-refractivity contribution in [3.63, 3.8) is 0 Å². The van der Waals surface area contributed by atoms with Gasteiger partial charge in [0.25, 0.3) is 5.91 Å². The highest BCUT2D eigenvalue weighted by Crippen LogP contribution is 2.28. The number of amides is 1. The molecule has 1 fully saturated rings. The number of carbonyl (C=O) groups is 1. The third-order valence-electron chi connectivity index (χ3n) is 5.27. The van der Waals surface area contributed by atoms with Gasteiger partial charge in [0.2, 0.25) is 0 Å². The first-order valence-electron chi connectivity index (χ1n) is 8.65. The molecule has 0 bridgehead atoms. The highest BCUT2D eigenvalue weighted by Gasteiger charge is 2.29. The Morgan fingerprint density at radius 1 is 1.08 bits per heavy atom. The van der Waals surface area contributed by atoms with Gasteiger partial charge in [0.05, 0.1) is 0 Å². The molecule has 3 nitrogen and oxygen atoms in total. The highest BCUT2D eigenvalue weighted by molar-refractivity contribution is 7.10. The van der Waals surface area contributed by atoms with Gasteiger partial charge in [-0.2, -0.15) is 0 Å². The molecule has 1 amide bonds. The van der Waals surface area contributed by atoms with E-state index < -0.39 is 11.6 Å². The fourth-order valence-corrected chi connectivity index (χ4v) is 4.72. The number of halogens is 2. The van der Waals surface area contributed by atoms with Crippen LogP contribution in [0.15, 0.2) is 29.6 Å². The molecular formula is C19H20F2N2OS. The van der Waals surface area contributed by atoms with E-state index in [-0.39, 0.29) is 11.5 Å². The number of thiophene rings is 1. The van der Waals surface area contributed by atoms with Crippen molar-refractivity contribution < 1.29 is 13.6 Å². The minimum atomic E-state index is -0.972. The molecule has 25 heavy (non-hydrogen) atoms. The van der Waals surface area contributed by atoms with E-state index in [0.29, 0.717) is 19.1 Å². The first kappa shape index (κ1) is 16.7. The summed E-state index contributed by atoms with van der Waals surface area (Å²) >= 11 is 1.84. The number of piperidine rings is 1. The molecule has 0 N–H and O–H groups in total. The van der Waals surface area contributed by atoms with Crippen molar-refractivity contribution in [1.29, 1.82) is 0 Å². The van der Waals surface area contributed by atoms with E-state index in [9.17, 15) is 13.6 Å². The zero-order chi connectivity index (χ0) is 17.4. The molecule has 6 heteroatoms. The number of nitrogens with zero attached hydrogens (tertiary/aromatic N) is 2. The van der Waals surface area contributed by atoms with E-state index in [1.54, 1.807) is 4.90 Å². The average molecular weight is 362 g/mol. The second kappa shape index (κ2) is 6.84. The summed E-state index contributed by atoms with van der Waals surface area (Å²) in [6, 6.07) is 6.07. The smallest absolute Gasteiger partial charge is 0.253 e. The summed E-state index contributed by atoms with van der Waals surface area (Å²) in [5, 5.41) is 2.16. The van der Waals surface area contributed by atoms with Crippen LogP contribution in [0.25, 0.3) is 0 Å². The maximum atomic E-state index is 13.4. The molecule has 0 spiro atoms. The third-order valence-corrected chi connectivity index (χ3v) is 6.29. The number of benzene rings is 1. The predicted octanol–water partition coefficient (Wildman–Crippen LogP) is 3.69. The van der Waals surface area contributed by atoms with Crippen LogP contribution in [0.4, 0.5) is 8.78 Å². The molecule has 1 saturated heterocycles. The van der Waals surface area contributed by atoms with Crippen LogP contribution < -0.4 is 0 Å². The molecule has 0 unspecified atom stereocenters. The average Bonchev–Trinajstić information content (AvgIpc) is 3.11. The molecule has 3 heterocycles. The monoisotopic (exact) mass is 362 g/mol. The number of fused-ring (bicyclic) bond motifs is 1. The first-order valence-corrected chi connectivity index (χ1v) is 9.53. The third kappa shape index (κ3) is 3.33. The van der Waals surface area contributed by atoms with Gasteiger partial charge in [-0.15, -0.1) is 11.3 Å². The standard InChI is InChI=1S/C19H20F2N2OS/c20-16-2-1-13(11-17(16)21)19(24)22-7-3-15(4-8-22)23-9-5-18-14(12-23)6-10-25-18/h1-2,6,10-11,15H,3-5,7-9,12H2. The van der Waals surface area contributed by atoms with E-state index in [1.807, 2.05) is 11.3 Å². The molecule has 2 aliphatic heterocycles. The molecule has 0 radical (unpaired) electrons. The topological polar surface area (TPSA) is 23.6 Å². The van der Waals surface area contributed by atoms with Crippen molar-refractivity contribution in [3.8, 4) is 0 Å². The second-order valence-electron chi connectivity index (χ2n) is 6.74. The van der Waals surface area contributed by atoms with Gasteiger partial charge in [-0.1, -0.05) is 0 Å². The minimum Gasteiger partial charge on any atom is -0.339 e. The van der Waals surface area contributed by atoms with Crippen LogP contribution in [0.2, 0.25) is 0 Å². The van der Waals surface area contributed by atoms with Gasteiger partial charge in [-0.05, 0) is 54.5 Å². The van der Waals surface area contributed by atoms with Crippen LogP contribution in [0.1, 0.15) is 33.6 Å². The van der Waals surface area contributed by atoms with Crippen molar-refractivity contribution >= 4 is 17.2 Å². The summed E-state index contributed by atoms with van der Waals surface area (Å²) in [6.07, 6.45) is 2.96. The number of likely N-dealkylation sites (tertiary alicyclic amines) is 1. The predicted molar refractivity (Wildman–Crippen MR) is 93.7 cm³/mol. The maximum Gasteiger partial charge on any atom is 0.253 e. The summed E-state index contributed by atoms with van der Waals surface area (Å²) in [5.41, 5.74) is 1.66. The van der Waals surface area contributed by atoms with E-state index in [2.05, 4.69) is 16.3 Å². The molecule has 2 aliphatic rings. The van der Waals surface area contributed by atoms with Crippen LogP contribution in [0.5, 0.6) is 0 Å². The maximum absolute atomic E-state index is 13.4. The molecule has 4 rings (SSSR count). The largest absolute Gasteiger partial charge is 0.339 e. The Labute approximate surface area is 149 Å². The lowest BCUT2D eigenvalue weighted by atomic mass is 9.99. The second-order valence-corrected chi connectivity index (χ2v) is 7.74. The van der Waals surface area contributed by atoms with Gasteiger partial charge < -0.3 is 4.90 Å². The lowest BCUT2D eigenvalue weighted by Gasteiger charge is -2.40. The number of hydrogen-bond acceptors (Lipinski definition) is 3. The van der Waals surface area contributed by atoms with E-state index >= 15 is 0 Å². The number of hydrogen-bond donors (Lipinski definition) is 0. The van der Waals surface area contributed by atoms with E-state index in [1.165, 1.54) is 16.5 Å². The van der Waals surface area contributed by atoms with Crippen LogP contribution in [-0.2, 0) is 13.0 Å². The molecule has 2 aromatic rings. The molecule has 0 atom stereocenters. The zero-order valence-electron chi connectivity index (χ0n) is 13.9. The molecule has 0 aliphatic carbocycles. The van der Waals surface area contributed by atoms with Gasteiger partial charge in [-0.3, -0.25) is 9.69 Å². The lowest BCUT2D eigenvalue weighted by Crippen LogP contribution is -2.47. The van der Waals surface area contributed by atoms with E-state index in [0.717, 1.165) is 44.5 Å². The molecular weight excluding hydrogens is 342 g/mol. The molecule has 132 valence electrons. The zero-order valence-corrected chi connectivity index (χ0v) is 14.7. The van der Waals surface area contributed by atoms with Crippen molar-refractivity contribution in [1.82, 2.24) is 9.80 Å². The van der Waals surface area contributed by atoms with Crippen molar-refractivity contribution in [2.75, 3.05) is 19.6 Å². The van der Waals surface area contributed by atoms with Gasteiger partial charge in [0.1, 0.15) is 0 Å². The summed E-state index contributed by atoms with van der Waals surface area (Å²) in [6.45, 7) is 3.40. The van der Waals surface area contributed by atoms with Gasteiger partial charge >= 0.3 is 0 Å². The Morgan fingerprint density at radius 2 is 1.88 bits per heavy atom. The Bertz CT molecular complexity index is 783. The highest BCUT2D eigenvalue weighted by atomic mass is 32.1. The normalized spacial score (nSPS) is 19.0. The summed E-state index contributed by atoms with van der Waals surface area (Å²) in [7, 11) is 0. The number of rotatable bonds is 2. The Morgan fingerprint density at radius 3 is 2.64 bits per heavy atom. The minimum absolute atomic E-state index is 0.212. The Balaban J connectivity index is 1.37. The van der Waals surface area contributed by atoms with Crippen LogP contribution in [-0.4, -0.2) is 41.4 Å². The summed E-state index contributed by atoms with van der Waals surface area (Å²) < 4.78 is 26.4. The van der Waals surface area contributed by atoms with Crippen LogP contribution in [0.3, 0.4) is 0 Å². The fraction of sp³-hybridized carbons (Fsp3) is 0.421. The van der Waals surface area contributed by atoms with Crippen molar-refractivity contribution in [2.45, 2.75) is 31.8 Å². The van der Waals surface area contributed by atoms with Crippen LogP contribution in [0, 0.1) is 11.6 Å². The van der Waals surface area contributed by atoms with Gasteiger partial charge in [0.15, 0.2) is 11.6 Å². The van der Waals surface area contributed by atoms with E-state index in [4.69, 9.17) is 0 Å². The van der Waals surface area contributed by atoms with Crippen molar-refractivity contribution in [2.24, 2.45) is 0 Å². The number of carbonyl (C=O) groups excluding carboxylic acids is 1. The summed E-state index contributed by atoms with van der Waals surface area (Å²) in [5.74, 6) is -2.11. The first-order chi connectivity index (χ1) is 12.1. The molecule has 1 aromatic carbocycles. The Kier molecular flexibility index (Phi) is 4.56. The fourth-order valence-electron chi connectivity index (χ4n) is 3.83. The van der Waals surface area contributed by atoms with Gasteiger partial charge in [-0.25, -0.2) is 8.78 Å². The SMILES string of the molecule is O=C(c1ccc(F)c(F)c1)N1CCC(N2CCc3sccc3C2)CC1. The molecule has 0 saturated carbocycles. The van der Waals surface area contributed by atoms with Gasteiger partial charge in [0, 0.05) is 42.7 Å². The summed E-state index contributed by atoms with van der Waals surface area (Å²) in [4.78, 5) is 18.3. The quantitative estimate of drug-likeness (QED) is 0.814.